The molecule has 35 heavy (non-hydrogen) atoms. The van der Waals surface area contributed by atoms with Gasteiger partial charge in [0.15, 0.2) is 0 Å². The van der Waals surface area contributed by atoms with Crippen molar-refractivity contribution < 1.29 is 19.1 Å². The SMILES string of the molecule is COC(=O)CCNC(=O)c1ccc(CCOc2cc(C)c(-c3ccc(C(C)(C)C)cc3)c(C)c2)s1. The standard InChI is InChI=1S/C29H35NO4S/c1-19-17-23(18-20(2)27(19)21-7-9-22(10-8-21)29(3,4)5)34-16-14-24-11-12-25(35-24)28(32)30-15-13-26(31)33-6/h7-12,17-18H,13-16H2,1-6H3,(H,30,32). The molecule has 6 heteroatoms. The minimum Gasteiger partial charge on any atom is -0.493 e. The Morgan fingerprint density at radius 2 is 1.63 bits per heavy atom. The van der Waals surface area contributed by atoms with E-state index in [1.54, 1.807) is 0 Å². The smallest absolute Gasteiger partial charge is 0.307 e. The molecule has 2 aromatic carbocycles. The van der Waals surface area contributed by atoms with Gasteiger partial charge in [-0.05, 0) is 71.3 Å². The molecule has 3 rings (SSSR count). The van der Waals surface area contributed by atoms with Crippen LogP contribution in [0.4, 0.5) is 0 Å². The van der Waals surface area contributed by atoms with Crippen molar-refractivity contribution in [2.24, 2.45) is 0 Å². The minimum absolute atomic E-state index is 0.137. The molecule has 0 atom stereocenters. The summed E-state index contributed by atoms with van der Waals surface area (Å²) in [6.45, 7) is 11.7. The molecule has 3 aromatic rings. The average molecular weight is 494 g/mol. The molecule has 0 bridgehead atoms. The summed E-state index contributed by atoms with van der Waals surface area (Å²) >= 11 is 1.44. The summed E-state index contributed by atoms with van der Waals surface area (Å²) in [4.78, 5) is 25.1. The quantitative estimate of drug-likeness (QED) is 0.358. The number of nitrogens with one attached hydrogen (secondary N) is 1. The molecular formula is C29H35NO4S. The first-order valence-electron chi connectivity index (χ1n) is 11.9. The third-order valence-corrected chi connectivity index (χ3v) is 7.03. The molecule has 1 amide bonds. The van der Waals surface area contributed by atoms with E-state index in [4.69, 9.17) is 4.74 Å². The lowest BCUT2D eigenvalue weighted by Gasteiger charge is -2.20. The summed E-state index contributed by atoms with van der Waals surface area (Å²) in [6, 6.07) is 16.8. The summed E-state index contributed by atoms with van der Waals surface area (Å²) < 4.78 is 10.6. The Bertz CT molecular complexity index is 1150. The Hall–Kier alpha value is -3.12. The number of thiophene rings is 1. The minimum atomic E-state index is -0.341. The highest BCUT2D eigenvalue weighted by molar-refractivity contribution is 7.14. The van der Waals surface area contributed by atoms with Crippen LogP contribution in [0.15, 0.2) is 48.5 Å². The second-order valence-electron chi connectivity index (χ2n) is 9.71. The van der Waals surface area contributed by atoms with Gasteiger partial charge in [-0.1, -0.05) is 45.0 Å². The summed E-state index contributed by atoms with van der Waals surface area (Å²) in [7, 11) is 1.33. The Morgan fingerprint density at radius 3 is 2.23 bits per heavy atom. The molecule has 0 aliphatic rings. The summed E-state index contributed by atoms with van der Waals surface area (Å²) in [6.07, 6.45) is 0.877. The second kappa shape index (κ2) is 11.5. The molecule has 1 heterocycles. The van der Waals surface area contributed by atoms with Gasteiger partial charge in [0, 0.05) is 17.8 Å². The van der Waals surface area contributed by atoms with E-state index < -0.39 is 0 Å². The first-order valence-corrected chi connectivity index (χ1v) is 12.7. The number of methoxy groups -OCH3 is 1. The second-order valence-corrected chi connectivity index (χ2v) is 10.9. The maximum absolute atomic E-state index is 12.2. The van der Waals surface area contributed by atoms with Gasteiger partial charge in [-0.3, -0.25) is 9.59 Å². The van der Waals surface area contributed by atoms with Crippen LogP contribution in [-0.4, -0.2) is 32.1 Å². The highest BCUT2D eigenvalue weighted by Gasteiger charge is 2.15. The molecule has 0 saturated heterocycles. The summed E-state index contributed by atoms with van der Waals surface area (Å²) in [5.41, 5.74) is 6.30. The molecule has 0 saturated carbocycles. The van der Waals surface area contributed by atoms with Crippen molar-refractivity contribution in [1.29, 1.82) is 0 Å². The predicted molar refractivity (Wildman–Crippen MR) is 143 cm³/mol. The lowest BCUT2D eigenvalue weighted by Crippen LogP contribution is -2.25. The fourth-order valence-corrected chi connectivity index (χ4v) is 4.88. The zero-order valence-electron chi connectivity index (χ0n) is 21.5. The zero-order chi connectivity index (χ0) is 25.6. The molecule has 5 nitrogen and oxygen atoms in total. The fraction of sp³-hybridized carbons (Fsp3) is 0.379. The van der Waals surface area contributed by atoms with Gasteiger partial charge in [0.1, 0.15) is 5.75 Å². The lowest BCUT2D eigenvalue weighted by molar-refractivity contribution is -0.140. The first-order chi connectivity index (χ1) is 16.6. The Morgan fingerprint density at radius 1 is 0.971 bits per heavy atom. The van der Waals surface area contributed by atoms with Crippen LogP contribution in [0.3, 0.4) is 0 Å². The number of rotatable bonds is 9. The van der Waals surface area contributed by atoms with Gasteiger partial charge in [-0.15, -0.1) is 11.3 Å². The molecule has 0 aliphatic carbocycles. The van der Waals surface area contributed by atoms with E-state index in [1.807, 2.05) is 12.1 Å². The molecule has 0 spiro atoms. The number of aryl methyl sites for hydroxylation is 2. The van der Waals surface area contributed by atoms with Crippen LogP contribution in [0, 0.1) is 13.8 Å². The van der Waals surface area contributed by atoms with Crippen molar-refractivity contribution in [2.45, 2.75) is 52.9 Å². The molecule has 1 aromatic heterocycles. The van der Waals surface area contributed by atoms with Crippen LogP contribution in [0.25, 0.3) is 11.1 Å². The van der Waals surface area contributed by atoms with Crippen molar-refractivity contribution in [3.63, 3.8) is 0 Å². The van der Waals surface area contributed by atoms with Gasteiger partial charge in [0.2, 0.25) is 0 Å². The van der Waals surface area contributed by atoms with E-state index in [0.29, 0.717) is 17.9 Å². The van der Waals surface area contributed by atoms with Gasteiger partial charge >= 0.3 is 5.97 Å². The Kier molecular flexibility index (Phi) is 8.73. The molecule has 1 N–H and O–H groups in total. The number of hydrogen-bond donors (Lipinski definition) is 1. The van der Waals surface area contributed by atoms with Crippen molar-refractivity contribution in [3.05, 3.63) is 75.0 Å². The molecular weight excluding hydrogens is 458 g/mol. The Balaban J connectivity index is 1.57. The van der Waals surface area contributed by atoms with E-state index in [0.717, 1.165) is 10.6 Å². The monoisotopic (exact) mass is 493 g/mol. The number of carbonyl (C=O) groups excluding carboxylic acids is 2. The molecule has 0 unspecified atom stereocenters. The highest BCUT2D eigenvalue weighted by atomic mass is 32.1. The maximum Gasteiger partial charge on any atom is 0.307 e. The number of carbonyl (C=O) groups is 2. The lowest BCUT2D eigenvalue weighted by atomic mass is 9.85. The number of esters is 1. The topological polar surface area (TPSA) is 64.6 Å². The van der Waals surface area contributed by atoms with Gasteiger partial charge < -0.3 is 14.8 Å². The molecule has 186 valence electrons. The van der Waals surface area contributed by atoms with E-state index in [1.165, 1.54) is 46.3 Å². The van der Waals surface area contributed by atoms with Crippen molar-refractivity contribution in [3.8, 4) is 16.9 Å². The van der Waals surface area contributed by atoms with E-state index >= 15 is 0 Å². The molecule has 0 radical (unpaired) electrons. The zero-order valence-corrected chi connectivity index (χ0v) is 22.3. The third kappa shape index (κ3) is 7.18. The maximum atomic E-state index is 12.2. The normalized spacial score (nSPS) is 11.3. The van der Waals surface area contributed by atoms with Gasteiger partial charge in [-0.25, -0.2) is 0 Å². The van der Waals surface area contributed by atoms with Gasteiger partial charge in [0.05, 0.1) is 25.0 Å². The molecule has 0 fully saturated rings. The highest BCUT2D eigenvalue weighted by Crippen LogP contribution is 2.33. The van der Waals surface area contributed by atoms with Crippen LogP contribution in [-0.2, 0) is 21.4 Å². The van der Waals surface area contributed by atoms with E-state index in [-0.39, 0.29) is 30.3 Å². The number of hydrogen-bond acceptors (Lipinski definition) is 5. The number of amides is 1. The summed E-state index contributed by atoms with van der Waals surface area (Å²) in [5, 5.41) is 2.74. The van der Waals surface area contributed by atoms with Crippen LogP contribution >= 0.6 is 11.3 Å². The van der Waals surface area contributed by atoms with E-state index in [9.17, 15) is 9.59 Å². The van der Waals surface area contributed by atoms with Crippen LogP contribution < -0.4 is 10.1 Å². The van der Waals surface area contributed by atoms with Crippen molar-refractivity contribution >= 4 is 23.2 Å². The number of ether oxygens (including phenoxy) is 2. The van der Waals surface area contributed by atoms with Crippen LogP contribution in [0.1, 0.15) is 58.4 Å². The average Bonchev–Trinajstić information content (AvgIpc) is 3.27. The van der Waals surface area contributed by atoms with E-state index in [2.05, 4.69) is 81.1 Å². The van der Waals surface area contributed by atoms with Crippen LogP contribution in [0.2, 0.25) is 0 Å². The predicted octanol–water partition coefficient (Wildman–Crippen LogP) is 6.24. The largest absolute Gasteiger partial charge is 0.493 e. The van der Waals surface area contributed by atoms with Crippen molar-refractivity contribution in [2.75, 3.05) is 20.3 Å². The van der Waals surface area contributed by atoms with Crippen molar-refractivity contribution in [1.82, 2.24) is 5.32 Å². The summed E-state index contributed by atoms with van der Waals surface area (Å²) in [5.74, 6) is 0.335. The van der Waals surface area contributed by atoms with Crippen LogP contribution in [0.5, 0.6) is 5.75 Å². The van der Waals surface area contributed by atoms with Gasteiger partial charge in [-0.2, -0.15) is 0 Å². The first kappa shape index (κ1) is 26.5. The Labute approximate surface area is 212 Å². The van der Waals surface area contributed by atoms with Gasteiger partial charge in [0.25, 0.3) is 5.91 Å². The third-order valence-electron chi connectivity index (χ3n) is 5.89. The number of benzene rings is 2. The fourth-order valence-electron chi connectivity index (χ4n) is 3.97. The molecule has 0 aliphatic heterocycles.